The van der Waals surface area contributed by atoms with Gasteiger partial charge in [-0.15, -0.1) is 0 Å². The van der Waals surface area contributed by atoms with Crippen LogP contribution in [0.15, 0.2) is 36.5 Å². The van der Waals surface area contributed by atoms with Crippen LogP contribution in [0.5, 0.6) is 5.88 Å². The summed E-state index contributed by atoms with van der Waals surface area (Å²) >= 11 is 0. The molecule has 1 heterocycles. The molecule has 0 fully saturated rings. The molecule has 1 N–H and O–H groups in total. The zero-order valence-electron chi connectivity index (χ0n) is 11.6. The second-order valence-electron chi connectivity index (χ2n) is 4.29. The first-order chi connectivity index (χ1) is 10.2. The van der Waals surface area contributed by atoms with E-state index in [1.54, 1.807) is 25.4 Å². The van der Waals surface area contributed by atoms with Gasteiger partial charge >= 0.3 is 0 Å². The Balaban J connectivity index is 1.90. The Morgan fingerprint density at radius 2 is 2.00 bits per heavy atom. The van der Waals surface area contributed by atoms with E-state index in [9.17, 15) is 8.78 Å². The molecule has 112 valence electrons. The first kappa shape index (κ1) is 15.2. The Hall–Kier alpha value is -2.21. The van der Waals surface area contributed by atoms with E-state index in [2.05, 4.69) is 10.3 Å². The Morgan fingerprint density at radius 1 is 1.14 bits per heavy atom. The zero-order valence-corrected chi connectivity index (χ0v) is 11.6. The van der Waals surface area contributed by atoms with Gasteiger partial charge in [-0.1, -0.05) is 12.1 Å². The van der Waals surface area contributed by atoms with Crippen molar-refractivity contribution in [3.8, 4) is 5.88 Å². The lowest BCUT2D eigenvalue weighted by atomic mass is 10.2. The molecule has 0 radical (unpaired) electrons. The maximum atomic E-state index is 13.5. The van der Waals surface area contributed by atoms with Gasteiger partial charge in [-0.05, 0) is 12.1 Å². The highest BCUT2D eigenvalue weighted by Gasteiger charge is 2.07. The molecule has 0 spiro atoms. The highest BCUT2D eigenvalue weighted by atomic mass is 19.2. The van der Waals surface area contributed by atoms with Crippen molar-refractivity contribution >= 4 is 5.69 Å². The van der Waals surface area contributed by atoms with Crippen LogP contribution in [-0.2, 0) is 11.3 Å². The van der Waals surface area contributed by atoms with Crippen LogP contribution in [0, 0.1) is 11.6 Å². The number of rotatable bonds is 7. The number of nitrogens with one attached hydrogen (secondary N) is 1. The number of benzene rings is 1. The minimum Gasteiger partial charge on any atom is -0.475 e. The molecule has 1 aromatic heterocycles. The molecular weight excluding hydrogens is 278 g/mol. The molecule has 0 aliphatic rings. The van der Waals surface area contributed by atoms with E-state index in [0.29, 0.717) is 24.8 Å². The minimum atomic E-state index is -0.852. The van der Waals surface area contributed by atoms with Gasteiger partial charge in [0.05, 0.1) is 18.5 Å². The van der Waals surface area contributed by atoms with Crippen molar-refractivity contribution in [2.24, 2.45) is 0 Å². The molecule has 0 saturated carbocycles. The molecule has 0 unspecified atom stereocenters. The van der Waals surface area contributed by atoms with Gasteiger partial charge in [-0.25, -0.2) is 13.8 Å². The van der Waals surface area contributed by atoms with Crippen LogP contribution in [0.3, 0.4) is 0 Å². The number of anilines is 1. The number of halogens is 2. The molecule has 4 nitrogen and oxygen atoms in total. The summed E-state index contributed by atoms with van der Waals surface area (Å²) in [5, 5.41) is 2.97. The number of hydrogen-bond acceptors (Lipinski definition) is 4. The van der Waals surface area contributed by atoms with E-state index in [0.717, 1.165) is 6.07 Å². The fourth-order valence-electron chi connectivity index (χ4n) is 1.68. The first-order valence-electron chi connectivity index (χ1n) is 6.45. The van der Waals surface area contributed by atoms with Gasteiger partial charge in [0.1, 0.15) is 6.61 Å². The predicted molar refractivity (Wildman–Crippen MR) is 75.3 cm³/mol. The lowest BCUT2D eigenvalue weighted by Crippen LogP contribution is -2.06. The number of methoxy groups -OCH3 is 1. The lowest BCUT2D eigenvalue weighted by Gasteiger charge is -2.09. The predicted octanol–water partition coefficient (Wildman–Crippen LogP) is 3.00. The van der Waals surface area contributed by atoms with E-state index >= 15 is 0 Å². The van der Waals surface area contributed by atoms with Crippen molar-refractivity contribution in [1.82, 2.24) is 4.98 Å². The monoisotopic (exact) mass is 294 g/mol. The van der Waals surface area contributed by atoms with E-state index < -0.39 is 11.6 Å². The van der Waals surface area contributed by atoms with Crippen LogP contribution in [0.2, 0.25) is 0 Å². The second-order valence-corrected chi connectivity index (χ2v) is 4.29. The van der Waals surface area contributed by atoms with Crippen molar-refractivity contribution in [2.75, 3.05) is 25.6 Å². The van der Waals surface area contributed by atoms with E-state index in [-0.39, 0.29) is 12.1 Å². The van der Waals surface area contributed by atoms with Gasteiger partial charge in [0, 0.05) is 25.3 Å². The topological polar surface area (TPSA) is 43.4 Å². The van der Waals surface area contributed by atoms with Gasteiger partial charge in [0.15, 0.2) is 11.6 Å². The molecule has 0 bridgehead atoms. The summed E-state index contributed by atoms with van der Waals surface area (Å²) in [4.78, 5) is 4.09. The third kappa shape index (κ3) is 4.39. The molecular formula is C15H16F2N2O2. The Labute approximate surface area is 121 Å². The van der Waals surface area contributed by atoms with Crippen LogP contribution < -0.4 is 10.1 Å². The molecule has 21 heavy (non-hydrogen) atoms. The minimum absolute atomic E-state index is 0.176. The number of pyridine rings is 1. The fraction of sp³-hybridized carbons (Fsp3) is 0.267. The summed E-state index contributed by atoms with van der Waals surface area (Å²) in [5.41, 5.74) is 0.952. The standard InChI is InChI=1S/C15H16F2N2O2/c1-20-7-8-21-14-6-5-12(10-19-14)18-9-11-3-2-4-13(16)15(11)17/h2-6,10,18H,7-9H2,1H3. The highest BCUT2D eigenvalue weighted by molar-refractivity contribution is 5.42. The number of nitrogens with zero attached hydrogens (tertiary/aromatic N) is 1. The van der Waals surface area contributed by atoms with E-state index in [1.165, 1.54) is 12.1 Å². The first-order valence-corrected chi connectivity index (χ1v) is 6.45. The summed E-state index contributed by atoms with van der Waals surface area (Å²) in [6.07, 6.45) is 1.57. The van der Waals surface area contributed by atoms with Gasteiger partial charge in [0.25, 0.3) is 0 Å². The maximum Gasteiger partial charge on any atom is 0.213 e. The quantitative estimate of drug-likeness (QED) is 0.797. The summed E-state index contributed by atoms with van der Waals surface area (Å²) in [6.45, 7) is 1.08. The molecule has 0 atom stereocenters. The SMILES string of the molecule is COCCOc1ccc(NCc2cccc(F)c2F)cn1. The summed E-state index contributed by atoms with van der Waals surface area (Å²) in [5.74, 6) is -1.21. The van der Waals surface area contributed by atoms with E-state index in [4.69, 9.17) is 9.47 Å². The van der Waals surface area contributed by atoms with Crippen molar-refractivity contribution < 1.29 is 18.3 Å². The smallest absolute Gasteiger partial charge is 0.213 e. The molecule has 0 aliphatic carbocycles. The Morgan fingerprint density at radius 3 is 2.71 bits per heavy atom. The summed E-state index contributed by atoms with van der Waals surface area (Å²) in [6, 6.07) is 7.54. The molecule has 2 rings (SSSR count). The van der Waals surface area contributed by atoms with Gasteiger partial charge in [0.2, 0.25) is 5.88 Å². The third-order valence-corrected chi connectivity index (χ3v) is 2.79. The van der Waals surface area contributed by atoms with E-state index in [1.807, 2.05) is 0 Å². The maximum absolute atomic E-state index is 13.5. The number of ether oxygens (including phenoxy) is 2. The third-order valence-electron chi connectivity index (χ3n) is 2.79. The molecule has 2 aromatic rings. The van der Waals surface area contributed by atoms with Crippen molar-refractivity contribution in [2.45, 2.75) is 6.54 Å². The lowest BCUT2D eigenvalue weighted by molar-refractivity contribution is 0.144. The molecule has 0 saturated heterocycles. The Bertz CT molecular complexity index is 576. The molecule has 6 heteroatoms. The van der Waals surface area contributed by atoms with Crippen LogP contribution in [0.1, 0.15) is 5.56 Å². The van der Waals surface area contributed by atoms with Gasteiger partial charge in [-0.3, -0.25) is 0 Å². The number of aromatic nitrogens is 1. The van der Waals surface area contributed by atoms with Crippen LogP contribution in [-0.4, -0.2) is 25.3 Å². The molecule has 0 amide bonds. The Kier molecular flexibility index (Phi) is 5.45. The van der Waals surface area contributed by atoms with Crippen LogP contribution in [0.25, 0.3) is 0 Å². The largest absolute Gasteiger partial charge is 0.475 e. The second kappa shape index (κ2) is 7.54. The molecule has 0 aliphatic heterocycles. The highest BCUT2D eigenvalue weighted by Crippen LogP contribution is 2.15. The van der Waals surface area contributed by atoms with Gasteiger partial charge in [-0.2, -0.15) is 0 Å². The average molecular weight is 294 g/mol. The summed E-state index contributed by atoms with van der Waals surface area (Å²) in [7, 11) is 1.59. The number of hydrogen-bond donors (Lipinski definition) is 1. The van der Waals surface area contributed by atoms with Crippen molar-refractivity contribution in [1.29, 1.82) is 0 Å². The van der Waals surface area contributed by atoms with Crippen molar-refractivity contribution in [3.05, 3.63) is 53.7 Å². The van der Waals surface area contributed by atoms with Crippen LogP contribution >= 0.6 is 0 Å². The average Bonchev–Trinajstić information content (AvgIpc) is 2.50. The normalized spacial score (nSPS) is 10.4. The zero-order chi connectivity index (χ0) is 15.1. The fourth-order valence-corrected chi connectivity index (χ4v) is 1.68. The molecule has 1 aromatic carbocycles. The van der Waals surface area contributed by atoms with Gasteiger partial charge < -0.3 is 14.8 Å². The summed E-state index contributed by atoms with van der Waals surface area (Å²) < 4.78 is 36.7. The van der Waals surface area contributed by atoms with Crippen molar-refractivity contribution in [3.63, 3.8) is 0 Å². The van der Waals surface area contributed by atoms with Crippen LogP contribution in [0.4, 0.5) is 14.5 Å².